The zero-order chi connectivity index (χ0) is 14.5. The molecule has 0 radical (unpaired) electrons. The van der Waals surface area contributed by atoms with Gasteiger partial charge >= 0.3 is 0 Å². The number of halogens is 2. The van der Waals surface area contributed by atoms with Crippen molar-refractivity contribution in [3.63, 3.8) is 0 Å². The normalized spacial score (nSPS) is 9.90. The fourth-order valence-corrected chi connectivity index (χ4v) is 1.52. The first-order chi connectivity index (χ1) is 9.58. The molecule has 0 aliphatic heterocycles. The molecule has 0 unspecified atom stereocenters. The van der Waals surface area contributed by atoms with Crippen LogP contribution >= 0.6 is 0 Å². The van der Waals surface area contributed by atoms with Gasteiger partial charge in [-0.3, -0.25) is 20.4 Å². The Morgan fingerprint density at radius 3 is 2.15 bits per heavy atom. The molecule has 2 aromatic carbocycles. The predicted molar refractivity (Wildman–Crippen MR) is 67.7 cm³/mol. The van der Waals surface area contributed by atoms with Crippen LogP contribution in [0, 0.1) is 11.6 Å². The number of carbonyl (C=O) groups is 2. The van der Waals surface area contributed by atoms with Crippen molar-refractivity contribution >= 4 is 11.8 Å². The van der Waals surface area contributed by atoms with Crippen molar-refractivity contribution in [1.29, 1.82) is 0 Å². The summed E-state index contributed by atoms with van der Waals surface area (Å²) in [4.78, 5) is 23.3. The molecule has 2 amide bonds. The molecule has 20 heavy (non-hydrogen) atoms. The van der Waals surface area contributed by atoms with E-state index in [1.54, 1.807) is 30.3 Å². The molecule has 0 aromatic heterocycles. The Balaban J connectivity index is 2.00. The lowest BCUT2D eigenvalue weighted by molar-refractivity contribution is 0.0844. The van der Waals surface area contributed by atoms with Crippen LogP contribution in [0.3, 0.4) is 0 Å². The summed E-state index contributed by atoms with van der Waals surface area (Å²) in [7, 11) is 0. The van der Waals surface area contributed by atoms with E-state index < -0.39 is 23.4 Å². The topological polar surface area (TPSA) is 58.2 Å². The van der Waals surface area contributed by atoms with Crippen LogP contribution in [-0.4, -0.2) is 11.8 Å². The van der Waals surface area contributed by atoms with Crippen LogP contribution in [0.4, 0.5) is 8.78 Å². The molecule has 0 bridgehead atoms. The molecule has 0 spiro atoms. The second-order valence-electron chi connectivity index (χ2n) is 3.90. The second-order valence-corrected chi connectivity index (χ2v) is 3.90. The summed E-state index contributed by atoms with van der Waals surface area (Å²) in [6.45, 7) is 0. The zero-order valence-electron chi connectivity index (χ0n) is 10.2. The lowest BCUT2D eigenvalue weighted by Gasteiger charge is -2.08. The van der Waals surface area contributed by atoms with Crippen molar-refractivity contribution in [3.8, 4) is 0 Å². The highest BCUT2D eigenvalue weighted by atomic mass is 19.1. The lowest BCUT2D eigenvalue weighted by atomic mass is 10.2. The van der Waals surface area contributed by atoms with Crippen molar-refractivity contribution in [1.82, 2.24) is 10.9 Å². The average Bonchev–Trinajstić information content (AvgIpc) is 2.45. The van der Waals surface area contributed by atoms with E-state index in [4.69, 9.17) is 0 Å². The molecular formula is C14H10F2N2O2. The van der Waals surface area contributed by atoms with Gasteiger partial charge in [0.2, 0.25) is 0 Å². The smallest absolute Gasteiger partial charge is 0.267 e. The van der Waals surface area contributed by atoms with Gasteiger partial charge < -0.3 is 0 Å². The fourth-order valence-electron chi connectivity index (χ4n) is 1.52. The maximum absolute atomic E-state index is 13.3. The van der Waals surface area contributed by atoms with E-state index in [-0.39, 0.29) is 5.56 Å². The Morgan fingerprint density at radius 2 is 1.50 bits per heavy atom. The van der Waals surface area contributed by atoms with Gasteiger partial charge in [0.1, 0.15) is 11.6 Å². The summed E-state index contributed by atoms with van der Waals surface area (Å²) in [6.07, 6.45) is 0. The number of amides is 2. The van der Waals surface area contributed by atoms with E-state index >= 15 is 0 Å². The van der Waals surface area contributed by atoms with Crippen LogP contribution in [0.5, 0.6) is 0 Å². The molecule has 4 nitrogen and oxygen atoms in total. The molecular weight excluding hydrogens is 266 g/mol. The molecule has 102 valence electrons. The van der Waals surface area contributed by atoms with Gasteiger partial charge in [0.05, 0.1) is 5.56 Å². The van der Waals surface area contributed by atoms with Crippen LogP contribution < -0.4 is 10.9 Å². The van der Waals surface area contributed by atoms with Gasteiger partial charge in [-0.2, -0.15) is 0 Å². The van der Waals surface area contributed by atoms with E-state index in [9.17, 15) is 18.4 Å². The molecule has 2 N–H and O–H groups in total. The minimum Gasteiger partial charge on any atom is -0.267 e. The highest BCUT2D eigenvalue weighted by Crippen LogP contribution is 2.08. The van der Waals surface area contributed by atoms with Crippen molar-refractivity contribution < 1.29 is 18.4 Å². The minimum absolute atomic E-state index is 0.340. The molecule has 6 heteroatoms. The summed E-state index contributed by atoms with van der Waals surface area (Å²) < 4.78 is 26.0. The monoisotopic (exact) mass is 276 g/mol. The van der Waals surface area contributed by atoms with Crippen LogP contribution in [0.2, 0.25) is 0 Å². The van der Waals surface area contributed by atoms with Crippen molar-refractivity contribution in [3.05, 3.63) is 71.3 Å². The number of benzene rings is 2. The maximum atomic E-state index is 13.3. The summed E-state index contributed by atoms with van der Waals surface area (Å²) in [5.74, 6) is -3.20. The Labute approximate surface area is 113 Å². The molecule has 0 aliphatic carbocycles. The van der Waals surface area contributed by atoms with Crippen molar-refractivity contribution in [2.75, 3.05) is 0 Å². The van der Waals surface area contributed by atoms with Crippen LogP contribution in [0.15, 0.2) is 48.5 Å². The molecule has 0 saturated heterocycles. The number of hydrogen-bond donors (Lipinski definition) is 2. The fraction of sp³-hybridized carbons (Fsp3) is 0. The van der Waals surface area contributed by atoms with E-state index in [0.717, 1.165) is 12.1 Å². The van der Waals surface area contributed by atoms with Gasteiger partial charge in [-0.15, -0.1) is 0 Å². The summed E-state index contributed by atoms with van der Waals surface area (Å²) in [5.41, 5.74) is 4.18. The quantitative estimate of drug-likeness (QED) is 0.825. The Hall–Kier alpha value is -2.76. The number of rotatable bonds is 2. The first kappa shape index (κ1) is 13.7. The van der Waals surface area contributed by atoms with Gasteiger partial charge in [-0.1, -0.05) is 18.2 Å². The largest absolute Gasteiger partial charge is 0.272 e. The lowest BCUT2D eigenvalue weighted by Crippen LogP contribution is -2.41. The molecule has 0 fully saturated rings. The third kappa shape index (κ3) is 3.17. The molecule has 0 saturated carbocycles. The highest BCUT2D eigenvalue weighted by molar-refractivity contribution is 5.99. The first-order valence-electron chi connectivity index (χ1n) is 5.68. The molecule has 2 aromatic rings. The first-order valence-corrected chi connectivity index (χ1v) is 5.68. The third-order valence-corrected chi connectivity index (χ3v) is 2.50. The predicted octanol–water partition coefficient (Wildman–Crippen LogP) is 2.04. The van der Waals surface area contributed by atoms with Crippen LogP contribution in [0.25, 0.3) is 0 Å². The third-order valence-electron chi connectivity index (χ3n) is 2.50. The summed E-state index contributed by atoms with van der Waals surface area (Å²) in [5, 5.41) is 0. The van der Waals surface area contributed by atoms with Gasteiger partial charge in [0.25, 0.3) is 11.8 Å². The van der Waals surface area contributed by atoms with Gasteiger partial charge in [-0.05, 0) is 24.3 Å². The summed E-state index contributed by atoms with van der Waals surface area (Å²) in [6, 6.07) is 10.7. The SMILES string of the molecule is O=C(NNC(=O)c1ccc(F)cc1F)c1ccccc1. The van der Waals surface area contributed by atoms with Crippen molar-refractivity contribution in [2.24, 2.45) is 0 Å². The Bertz CT molecular complexity index is 645. The molecule has 0 aliphatic rings. The minimum atomic E-state index is -1.00. The van der Waals surface area contributed by atoms with Crippen LogP contribution in [-0.2, 0) is 0 Å². The number of nitrogens with one attached hydrogen (secondary N) is 2. The van der Waals surface area contributed by atoms with Gasteiger partial charge in [0, 0.05) is 11.6 Å². The van der Waals surface area contributed by atoms with Gasteiger partial charge in [-0.25, -0.2) is 8.78 Å². The second kappa shape index (κ2) is 5.92. The standard InChI is InChI=1S/C14H10F2N2O2/c15-10-6-7-11(12(16)8-10)14(20)18-17-13(19)9-4-2-1-3-5-9/h1-8H,(H,17,19)(H,18,20). The summed E-state index contributed by atoms with van der Waals surface area (Å²) >= 11 is 0. The number of hydrogen-bond acceptors (Lipinski definition) is 2. The Morgan fingerprint density at radius 1 is 0.850 bits per heavy atom. The van der Waals surface area contributed by atoms with E-state index in [2.05, 4.69) is 10.9 Å². The highest BCUT2D eigenvalue weighted by Gasteiger charge is 2.13. The van der Waals surface area contributed by atoms with E-state index in [1.165, 1.54) is 0 Å². The maximum Gasteiger partial charge on any atom is 0.272 e. The van der Waals surface area contributed by atoms with Crippen LogP contribution in [0.1, 0.15) is 20.7 Å². The zero-order valence-corrected chi connectivity index (χ0v) is 10.2. The van der Waals surface area contributed by atoms with Gasteiger partial charge in [0.15, 0.2) is 0 Å². The molecule has 0 atom stereocenters. The molecule has 2 rings (SSSR count). The van der Waals surface area contributed by atoms with E-state index in [1.807, 2.05) is 0 Å². The van der Waals surface area contributed by atoms with E-state index in [0.29, 0.717) is 11.6 Å². The number of carbonyl (C=O) groups excluding carboxylic acids is 2. The number of hydrazine groups is 1. The Kier molecular flexibility index (Phi) is 4.05. The van der Waals surface area contributed by atoms with Crippen molar-refractivity contribution in [2.45, 2.75) is 0 Å². The molecule has 0 heterocycles. The average molecular weight is 276 g/mol.